The third-order valence-corrected chi connectivity index (χ3v) is 2.60. The van der Waals surface area contributed by atoms with Crippen LogP contribution in [0.4, 0.5) is 0 Å². The lowest BCUT2D eigenvalue weighted by atomic mass is 10.0. The number of hydrogen-bond acceptors (Lipinski definition) is 1. The lowest BCUT2D eigenvalue weighted by Crippen LogP contribution is -2.05. The van der Waals surface area contributed by atoms with Crippen molar-refractivity contribution in [2.75, 3.05) is 0 Å². The second-order valence-corrected chi connectivity index (χ2v) is 3.94. The van der Waals surface area contributed by atoms with Gasteiger partial charge >= 0.3 is 0 Å². The van der Waals surface area contributed by atoms with Crippen molar-refractivity contribution in [3.8, 4) is 0 Å². The predicted octanol–water partition coefficient (Wildman–Crippen LogP) is 3.51. The van der Waals surface area contributed by atoms with Crippen molar-refractivity contribution in [2.24, 2.45) is 5.73 Å². The van der Waals surface area contributed by atoms with Crippen LogP contribution >= 0.6 is 11.6 Å². The van der Waals surface area contributed by atoms with E-state index in [4.69, 9.17) is 17.3 Å². The maximum Gasteiger partial charge on any atom is 0.0412 e. The highest BCUT2D eigenvalue weighted by molar-refractivity contribution is 6.31. The summed E-state index contributed by atoms with van der Waals surface area (Å²) in [6, 6.07) is 12.1. The molecule has 2 heteroatoms. The summed E-state index contributed by atoms with van der Waals surface area (Å²) in [4.78, 5) is 0. The van der Waals surface area contributed by atoms with E-state index in [0.29, 0.717) is 0 Å². The van der Waals surface area contributed by atoms with Gasteiger partial charge in [0.15, 0.2) is 0 Å². The van der Waals surface area contributed by atoms with Crippen LogP contribution in [0.25, 0.3) is 10.8 Å². The third-order valence-electron chi connectivity index (χ3n) is 2.37. The Labute approximate surface area is 88.5 Å². The largest absolute Gasteiger partial charge is 0.324 e. The van der Waals surface area contributed by atoms with Crippen molar-refractivity contribution < 1.29 is 0 Å². The van der Waals surface area contributed by atoms with Crippen molar-refractivity contribution >= 4 is 22.4 Å². The number of hydrogen-bond donors (Lipinski definition) is 1. The zero-order valence-electron chi connectivity index (χ0n) is 8.00. The van der Waals surface area contributed by atoms with Gasteiger partial charge in [-0.1, -0.05) is 35.9 Å². The Hall–Kier alpha value is -1.05. The minimum Gasteiger partial charge on any atom is -0.324 e. The van der Waals surface area contributed by atoms with Gasteiger partial charge in [-0.25, -0.2) is 0 Å². The molecule has 72 valence electrons. The predicted molar refractivity (Wildman–Crippen MR) is 61.6 cm³/mol. The molecule has 0 saturated carbocycles. The van der Waals surface area contributed by atoms with Gasteiger partial charge in [0.05, 0.1) is 0 Å². The van der Waals surface area contributed by atoms with Crippen molar-refractivity contribution in [3.63, 3.8) is 0 Å². The fraction of sp³-hybridized carbons (Fsp3) is 0.167. The molecule has 0 saturated heterocycles. The second kappa shape index (κ2) is 3.60. The van der Waals surface area contributed by atoms with Crippen LogP contribution in [-0.4, -0.2) is 0 Å². The molecule has 2 aromatic rings. The maximum atomic E-state index is 5.95. The van der Waals surface area contributed by atoms with E-state index in [1.54, 1.807) is 0 Å². The Kier molecular flexibility index (Phi) is 2.44. The number of fused-ring (bicyclic) bond motifs is 1. The van der Waals surface area contributed by atoms with E-state index in [1.807, 2.05) is 37.3 Å². The number of nitrogens with two attached hydrogens (primary N) is 1. The van der Waals surface area contributed by atoms with Crippen molar-refractivity contribution in [3.05, 3.63) is 47.0 Å². The Bertz CT molecular complexity index is 463. The lowest BCUT2D eigenvalue weighted by molar-refractivity contribution is 0.827. The van der Waals surface area contributed by atoms with Crippen LogP contribution in [0.15, 0.2) is 36.4 Å². The first kappa shape index (κ1) is 9.50. The van der Waals surface area contributed by atoms with E-state index in [9.17, 15) is 0 Å². The van der Waals surface area contributed by atoms with E-state index >= 15 is 0 Å². The van der Waals surface area contributed by atoms with Gasteiger partial charge in [-0.05, 0) is 35.4 Å². The minimum absolute atomic E-state index is 0.0390. The van der Waals surface area contributed by atoms with E-state index in [2.05, 4.69) is 6.07 Å². The highest BCUT2D eigenvalue weighted by Gasteiger charge is 2.04. The summed E-state index contributed by atoms with van der Waals surface area (Å²) in [6.45, 7) is 1.98. The molecule has 0 aliphatic heterocycles. The molecule has 1 nitrogen and oxygen atoms in total. The second-order valence-electron chi connectivity index (χ2n) is 3.50. The van der Waals surface area contributed by atoms with Gasteiger partial charge in [-0.3, -0.25) is 0 Å². The smallest absolute Gasteiger partial charge is 0.0412 e. The number of halogens is 1. The van der Waals surface area contributed by atoms with Gasteiger partial charge in [0.1, 0.15) is 0 Å². The minimum atomic E-state index is 0.0390. The average Bonchev–Trinajstić information content (AvgIpc) is 2.16. The third kappa shape index (κ3) is 1.61. The highest BCUT2D eigenvalue weighted by atomic mass is 35.5. The van der Waals surface area contributed by atoms with Crippen molar-refractivity contribution in [2.45, 2.75) is 13.0 Å². The summed E-state index contributed by atoms with van der Waals surface area (Å²) < 4.78 is 0. The Morgan fingerprint density at radius 2 is 2.00 bits per heavy atom. The molecule has 1 atom stereocenters. The molecule has 0 bridgehead atoms. The first-order valence-electron chi connectivity index (χ1n) is 4.62. The van der Waals surface area contributed by atoms with Gasteiger partial charge in [0, 0.05) is 11.1 Å². The first-order chi connectivity index (χ1) is 6.68. The van der Waals surface area contributed by atoms with E-state index in [0.717, 1.165) is 16.0 Å². The molecule has 0 heterocycles. The molecule has 14 heavy (non-hydrogen) atoms. The van der Waals surface area contributed by atoms with Gasteiger partial charge in [-0.15, -0.1) is 0 Å². The van der Waals surface area contributed by atoms with E-state index in [1.165, 1.54) is 5.39 Å². The van der Waals surface area contributed by atoms with E-state index < -0.39 is 0 Å². The van der Waals surface area contributed by atoms with Gasteiger partial charge in [0.25, 0.3) is 0 Å². The molecule has 0 spiro atoms. The van der Waals surface area contributed by atoms with Gasteiger partial charge in [0.2, 0.25) is 0 Å². The zero-order valence-corrected chi connectivity index (χ0v) is 8.75. The molecule has 0 fully saturated rings. The Morgan fingerprint density at radius 1 is 1.21 bits per heavy atom. The molecule has 0 aliphatic rings. The Morgan fingerprint density at radius 3 is 2.71 bits per heavy atom. The topological polar surface area (TPSA) is 26.0 Å². The zero-order chi connectivity index (χ0) is 10.1. The number of benzene rings is 2. The van der Waals surface area contributed by atoms with Crippen LogP contribution < -0.4 is 5.73 Å². The summed E-state index contributed by atoms with van der Waals surface area (Å²) in [5.74, 6) is 0. The van der Waals surface area contributed by atoms with E-state index in [-0.39, 0.29) is 6.04 Å². The molecule has 2 aromatic carbocycles. The van der Waals surface area contributed by atoms with Gasteiger partial charge < -0.3 is 5.73 Å². The quantitative estimate of drug-likeness (QED) is 0.758. The molecule has 2 rings (SSSR count). The lowest BCUT2D eigenvalue weighted by Gasteiger charge is -2.09. The fourth-order valence-electron chi connectivity index (χ4n) is 1.67. The summed E-state index contributed by atoms with van der Waals surface area (Å²) in [5, 5.41) is 3.09. The van der Waals surface area contributed by atoms with Crippen LogP contribution in [0, 0.1) is 0 Å². The van der Waals surface area contributed by atoms with Crippen LogP contribution in [0.2, 0.25) is 5.02 Å². The summed E-state index contributed by atoms with van der Waals surface area (Å²) >= 11 is 5.95. The molecular weight excluding hydrogens is 194 g/mol. The number of rotatable bonds is 1. The monoisotopic (exact) mass is 205 g/mol. The Balaban J connectivity index is 2.77. The summed E-state index contributed by atoms with van der Waals surface area (Å²) in [5.41, 5.74) is 7.03. The fourth-order valence-corrected chi connectivity index (χ4v) is 1.84. The van der Waals surface area contributed by atoms with Gasteiger partial charge in [-0.2, -0.15) is 0 Å². The summed E-state index contributed by atoms with van der Waals surface area (Å²) in [6.07, 6.45) is 0. The van der Waals surface area contributed by atoms with Crippen molar-refractivity contribution in [1.82, 2.24) is 0 Å². The molecular formula is C12H12ClN. The highest BCUT2D eigenvalue weighted by Crippen LogP contribution is 2.25. The van der Waals surface area contributed by atoms with Crippen molar-refractivity contribution in [1.29, 1.82) is 0 Å². The van der Waals surface area contributed by atoms with Crippen LogP contribution in [-0.2, 0) is 0 Å². The molecule has 0 unspecified atom stereocenters. The SMILES string of the molecule is C[C@@H](N)c1cccc2ccc(Cl)cc12. The molecule has 2 N–H and O–H groups in total. The normalized spacial score (nSPS) is 13.1. The average molecular weight is 206 g/mol. The summed E-state index contributed by atoms with van der Waals surface area (Å²) in [7, 11) is 0. The molecule has 0 aliphatic carbocycles. The molecule has 0 radical (unpaired) electrons. The van der Waals surface area contributed by atoms with Crippen LogP contribution in [0.1, 0.15) is 18.5 Å². The standard InChI is InChI=1S/C12H12ClN/c1-8(14)11-4-2-3-9-5-6-10(13)7-12(9)11/h2-8H,14H2,1H3/t8-/m1/s1. The maximum absolute atomic E-state index is 5.95. The molecule has 0 amide bonds. The first-order valence-corrected chi connectivity index (χ1v) is 5.00. The van der Waals surface area contributed by atoms with Crippen LogP contribution in [0.5, 0.6) is 0 Å². The van der Waals surface area contributed by atoms with Crippen LogP contribution in [0.3, 0.4) is 0 Å². The molecule has 0 aromatic heterocycles.